The highest BCUT2D eigenvalue weighted by Crippen LogP contribution is 2.32. The average Bonchev–Trinajstić information content (AvgIpc) is 3.32. The van der Waals surface area contributed by atoms with E-state index >= 15 is 0 Å². The van der Waals surface area contributed by atoms with Gasteiger partial charge in [-0.1, -0.05) is 0 Å². The van der Waals surface area contributed by atoms with Crippen molar-refractivity contribution in [3.8, 4) is 11.5 Å². The highest BCUT2D eigenvalue weighted by molar-refractivity contribution is 9.10. The standard InChI is InChI=1S/C19H12BrFN2O5/c20-17-6-5-15(28-17)19(25)23-13-8-11(2-3-12(13)21)22-18(24)10-1-4-14-16(7-10)27-9-26-14/h1-8H,9H2,(H,22,24)(H,23,25). The van der Waals surface area contributed by atoms with Gasteiger partial charge in [0.25, 0.3) is 11.8 Å². The second kappa shape index (κ2) is 7.35. The molecule has 142 valence electrons. The zero-order chi connectivity index (χ0) is 19.7. The van der Waals surface area contributed by atoms with E-state index in [1.165, 1.54) is 18.2 Å². The molecule has 9 heteroatoms. The van der Waals surface area contributed by atoms with Gasteiger partial charge in [0.15, 0.2) is 21.9 Å². The summed E-state index contributed by atoms with van der Waals surface area (Å²) >= 11 is 3.09. The molecule has 2 N–H and O–H groups in total. The number of nitrogens with one attached hydrogen (secondary N) is 2. The van der Waals surface area contributed by atoms with E-state index in [1.54, 1.807) is 24.3 Å². The largest absolute Gasteiger partial charge is 0.454 e. The minimum absolute atomic E-state index is 0.0149. The van der Waals surface area contributed by atoms with Crippen LogP contribution in [0.5, 0.6) is 11.5 Å². The average molecular weight is 447 g/mol. The Labute approximate surface area is 166 Å². The molecule has 1 aromatic heterocycles. The number of furan rings is 1. The zero-order valence-electron chi connectivity index (χ0n) is 14.1. The van der Waals surface area contributed by atoms with Gasteiger partial charge in [0.1, 0.15) is 5.82 Å². The van der Waals surface area contributed by atoms with E-state index in [4.69, 9.17) is 13.9 Å². The van der Waals surface area contributed by atoms with Gasteiger partial charge in [0.05, 0.1) is 5.69 Å². The maximum atomic E-state index is 14.1. The van der Waals surface area contributed by atoms with Crippen molar-refractivity contribution in [3.05, 3.63) is 70.3 Å². The molecule has 0 unspecified atom stereocenters. The van der Waals surface area contributed by atoms with Crippen LogP contribution < -0.4 is 20.1 Å². The summed E-state index contributed by atoms with van der Waals surface area (Å²) < 4.78 is 30.0. The van der Waals surface area contributed by atoms with Crippen LogP contribution in [0.3, 0.4) is 0 Å². The van der Waals surface area contributed by atoms with Crippen molar-refractivity contribution in [2.45, 2.75) is 0 Å². The number of amides is 2. The molecule has 2 aromatic carbocycles. The van der Waals surface area contributed by atoms with Crippen molar-refractivity contribution >= 4 is 39.1 Å². The summed E-state index contributed by atoms with van der Waals surface area (Å²) in [4.78, 5) is 24.6. The summed E-state index contributed by atoms with van der Waals surface area (Å²) in [6, 6.07) is 11.6. The first-order valence-corrected chi connectivity index (χ1v) is 8.86. The third-order valence-electron chi connectivity index (χ3n) is 3.90. The smallest absolute Gasteiger partial charge is 0.291 e. The predicted octanol–water partition coefficient (Wildman–Crippen LogP) is 4.41. The van der Waals surface area contributed by atoms with Gasteiger partial charge in [-0.25, -0.2) is 4.39 Å². The molecule has 2 amide bonds. The van der Waals surface area contributed by atoms with Gasteiger partial charge in [0, 0.05) is 11.3 Å². The fourth-order valence-corrected chi connectivity index (χ4v) is 2.87. The van der Waals surface area contributed by atoms with Crippen LogP contribution in [0.1, 0.15) is 20.9 Å². The lowest BCUT2D eigenvalue weighted by molar-refractivity contribution is 0.0993. The summed E-state index contributed by atoms with van der Waals surface area (Å²) in [5.74, 6) is -0.640. The van der Waals surface area contributed by atoms with Gasteiger partial charge in [-0.15, -0.1) is 0 Å². The van der Waals surface area contributed by atoms with Gasteiger partial charge in [0.2, 0.25) is 6.79 Å². The summed E-state index contributed by atoms with van der Waals surface area (Å²) in [6.45, 7) is 0.105. The minimum Gasteiger partial charge on any atom is -0.454 e. The Morgan fingerprint density at radius 3 is 2.54 bits per heavy atom. The molecule has 0 fully saturated rings. The van der Waals surface area contributed by atoms with E-state index in [9.17, 15) is 14.0 Å². The molecular weight excluding hydrogens is 435 g/mol. The second-order valence-electron chi connectivity index (χ2n) is 5.77. The van der Waals surface area contributed by atoms with Crippen molar-refractivity contribution < 1.29 is 27.9 Å². The number of anilines is 2. The highest BCUT2D eigenvalue weighted by atomic mass is 79.9. The maximum Gasteiger partial charge on any atom is 0.291 e. The first-order valence-electron chi connectivity index (χ1n) is 8.07. The number of carbonyl (C=O) groups is 2. The van der Waals surface area contributed by atoms with Crippen LogP contribution in [0, 0.1) is 5.82 Å². The lowest BCUT2D eigenvalue weighted by Crippen LogP contribution is -2.14. The Morgan fingerprint density at radius 1 is 0.929 bits per heavy atom. The van der Waals surface area contributed by atoms with Crippen LogP contribution in [0.25, 0.3) is 0 Å². The molecule has 7 nitrogen and oxygen atoms in total. The monoisotopic (exact) mass is 446 g/mol. The molecule has 4 rings (SSSR count). The van der Waals surface area contributed by atoms with Crippen LogP contribution in [-0.4, -0.2) is 18.6 Å². The number of hydrogen-bond donors (Lipinski definition) is 2. The van der Waals surface area contributed by atoms with Gasteiger partial charge < -0.3 is 24.5 Å². The van der Waals surface area contributed by atoms with E-state index in [1.807, 2.05) is 0 Å². The van der Waals surface area contributed by atoms with Crippen LogP contribution in [0.2, 0.25) is 0 Å². The molecule has 28 heavy (non-hydrogen) atoms. The fraction of sp³-hybridized carbons (Fsp3) is 0.0526. The molecule has 1 aliphatic heterocycles. The van der Waals surface area contributed by atoms with Crippen molar-refractivity contribution in [1.82, 2.24) is 0 Å². The molecular formula is C19H12BrFN2O5. The number of benzene rings is 2. The van der Waals surface area contributed by atoms with Crippen molar-refractivity contribution in [3.63, 3.8) is 0 Å². The molecule has 1 aliphatic rings. The first-order chi connectivity index (χ1) is 13.5. The quantitative estimate of drug-likeness (QED) is 0.619. The molecule has 0 bridgehead atoms. The van der Waals surface area contributed by atoms with Crippen LogP contribution in [0.4, 0.5) is 15.8 Å². The van der Waals surface area contributed by atoms with Crippen molar-refractivity contribution in [2.24, 2.45) is 0 Å². The van der Waals surface area contributed by atoms with E-state index in [2.05, 4.69) is 26.6 Å². The summed E-state index contributed by atoms with van der Waals surface area (Å²) in [5, 5.41) is 5.06. The van der Waals surface area contributed by atoms with Gasteiger partial charge in [-0.3, -0.25) is 9.59 Å². The van der Waals surface area contributed by atoms with Crippen LogP contribution in [0.15, 0.2) is 57.6 Å². The molecule has 2 heterocycles. The van der Waals surface area contributed by atoms with E-state index in [-0.39, 0.29) is 18.2 Å². The SMILES string of the molecule is O=C(Nc1ccc(F)c(NC(=O)c2ccc(Br)o2)c1)c1ccc2c(c1)OCO2. The predicted molar refractivity (Wildman–Crippen MR) is 101 cm³/mol. The number of hydrogen-bond acceptors (Lipinski definition) is 5. The Kier molecular flexibility index (Phi) is 4.74. The Bertz CT molecular complexity index is 1080. The van der Waals surface area contributed by atoms with Gasteiger partial charge in [-0.2, -0.15) is 0 Å². The molecule has 0 saturated heterocycles. The van der Waals surface area contributed by atoms with Gasteiger partial charge in [-0.05, 0) is 64.5 Å². The Morgan fingerprint density at radius 2 is 1.75 bits per heavy atom. The molecule has 0 radical (unpaired) electrons. The maximum absolute atomic E-state index is 14.1. The van der Waals surface area contributed by atoms with Crippen LogP contribution >= 0.6 is 15.9 Å². The number of rotatable bonds is 4. The summed E-state index contributed by atoms with van der Waals surface area (Å²) in [6.07, 6.45) is 0. The van der Waals surface area contributed by atoms with Crippen LogP contribution in [-0.2, 0) is 0 Å². The fourth-order valence-electron chi connectivity index (χ4n) is 2.56. The summed E-state index contributed by atoms with van der Waals surface area (Å²) in [7, 11) is 0. The van der Waals surface area contributed by atoms with E-state index in [0.29, 0.717) is 27.4 Å². The molecule has 0 atom stereocenters. The van der Waals surface area contributed by atoms with E-state index in [0.717, 1.165) is 6.07 Å². The lowest BCUT2D eigenvalue weighted by atomic mass is 10.1. The number of carbonyl (C=O) groups excluding carboxylic acids is 2. The van der Waals surface area contributed by atoms with E-state index < -0.39 is 17.6 Å². The highest BCUT2D eigenvalue weighted by Gasteiger charge is 2.17. The molecule has 0 saturated carbocycles. The minimum atomic E-state index is -0.653. The molecule has 0 spiro atoms. The van der Waals surface area contributed by atoms with Crippen molar-refractivity contribution in [2.75, 3.05) is 17.4 Å². The zero-order valence-corrected chi connectivity index (χ0v) is 15.7. The third-order valence-corrected chi connectivity index (χ3v) is 4.33. The number of fused-ring (bicyclic) bond motifs is 1. The third kappa shape index (κ3) is 3.70. The number of ether oxygens (including phenoxy) is 2. The molecule has 0 aliphatic carbocycles. The lowest BCUT2D eigenvalue weighted by Gasteiger charge is -2.10. The first kappa shape index (κ1) is 18.1. The molecule has 3 aromatic rings. The van der Waals surface area contributed by atoms with Crippen molar-refractivity contribution in [1.29, 1.82) is 0 Å². The Hall–Kier alpha value is -3.33. The Balaban J connectivity index is 1.50. The topological polar surface area (TPSA) is 89.8 Å². The normalized spacial score (nSPS) is 11.9. The number of halogens is 2. The second-order valence-corrected chi connectivity index (χ2v) is 6.56. The summed E-state index contributed by atoms with van der Waals surface area (Å²) in [5.41, 5.74) is 0.556. The van der Waals surface area contributed by atoms with Gasteiger partial charge >= 0.3 is 0 Å².